The van der Waals surface area contributed by atoms with E-state index < -0.39 is 0 Å². The van der Waals surface area contributed by atoms with Gasteiger partial charge in [0, 0.05) is 5.56 Å². The van der Waals surface area contributed by atoms with E-state index in [1.54, 1.807) is 12.2 Å². The average Bonchev–Trinajstić information content (AvgIpc) is 2.59. The molecule has 3 nitrogen and oxygen atoms in total. The summed E-state index contributed by atoms with van der Waals surface area (Å²) >= 11 is 0. The van der Waals surface area contributed by atoms with Gasteiger partial charge in [-0.3, -0.25) is 4.79 Å². The maximum atomic E-state index is 12.2. The summed E-state index contributed by atoms with van der Waals surface area (Å²) in [4.78, 5) is 12.2. The van der Waals surface area contributed by atoms with Gasteiger partial charge < -0.3 is 9.47 Å². The molecule has 3 heteroatoms. The highest BCUT2D eigenvalue weighted by Crippen LogP contribution is 2.31. The minimum absolute atomic E-state index is 0.00445. The normalized spacial score (nSPS) is 13.5. The first-order chi connectivity index (χ1) is 11.1. The molecule has 1 aliphatic heterocycles. The molecular formula is C20H20O3. The molecule has 0 radical (unpaired) electrons. The van der Waals surface area contributed by atoms with Gasteiger partial charge in [0.05, 0.1) is 0 Å². The van der Waals surface area contributed by atoms with Gasteiger partial charge in [0.2, 0.25) is 0 Å². The third kappa shape index (κ3) is 3.62. The first-order valence-electron chi connectivity index (χ1n) is 7.85. The molecule has 0 saturated heterocycles. The van der Waals surface area contributed by atoms with Gasteiger partial charge in [-0.1, -0.05) is 50.3 Å². The number of allylic oxidation sites excluding steroid dienone is 1. The van der Waals surface area contributed by atoms with E-state index in [9.17, 15) is 4.79 Å². The topological polar surface area (TPSA) is 35.5 Å². The van der Waals surface area contributed by atoms with Gasteiger partial charge in [-0.05, 0) is 35.3 Å². The molecule has 0 saturated carbocycles. The third-order valence-corrected chi connectivity index (χ3v) is 3.86. The lowest BCUT2D eigenvalue weighted by Gasteiger charge is -2.18. The van der Waals surface area contributed by atoms with Gasteiger partial charge in [0.25, 0.3) is 0 Å². The fourth-order valence-electron chi connectivity index (χ4n) is 2.46. The van der Waals surface area contributed by atoms with Crippen LogP contribution in [0.4, 0.5) is 0 Å². The minimum atomic E-state index is -0.00445. The van der Waals surface area contributed by atoms with Gasteiger partial charge >= 0.3 is 0 Å². The quantitative estimate of drug-likeness (QED) is 0.617. The molecule has 0 N–H and O–H groups in total. The fraction of sp³-hybridized carbons (Fsp3) is 0.250. The summed E-state index contributed by atoms with van der Waals surface area (Å²) in [6.07, 6.45) is 3.40. The Bertz CT molecular complexity index is 727. The predicted molar refractivity (Wildman–Crippen MR) is 91.3 cm³/mol. The molecule has 1 heterocycles. The van der Waals surface area contributed by atoms with Crippen molar-refractivity contribution in [3.05, 3.63) is 65.2 Å². The van der Waals surface area contributed by atoms with Crippen molar-refractivity contribution >= 4 is 11.9 Å². The lowest BCUT2D eigenvalue weighted by Crippen LogP contribution is -2.15. The summed E-state index contributed by atoms with van der Waals surface area (Å²) < 4.78 is 11.0. The largest absolute Gasteiger partial charge is 0.486 e. The average molecular weight is 308 g/mol. The minimum Gasteiger partial charge on any atom is -0.486 e. The number of fused-ring (bicyclic) bond motifs is 1. The van der Waals surface area contributed by atoms with Crippen LogP contribution < -0.4 is 9.47 Å². The van der Waals surface area contributed by atoms with Gasteiger partial charge in [-0.2, -0.15) is 0 Å². The van der Waals surface area contributed by atoms with Crippen LogP contribution in [0.3, 0.4) is 0 Å². The number of carbonyl (C=O) groups excluding carboxylic acids is 1. The number of benzene rings is 2. The highest BCUT2D eigenvalue weighted by molar-refractivity contribution is 6.06. The zero-order valence-corrected chi connectivity index (χ0v) is 13.4. The van der Waals surface area contributed by atoms with Crippen LogP contribution in [0.1, 0.15) is 41.3 Å². The zero-order chi connectivity index (χ0) is 16.2. The molecule has 0 amide bonds. The Morgan fingerprint density at radius 1 is 1.00 bits per heavy atom. The molecule has 1 aliphatic rings. The number of rotatable bonds is 4. The maximum absolute atomic E-state index is 12.2. The van der Waals surface area contributed by atoms with Crippen LogP contribution in [0.5, 0.6) is 11.5 Å². The standard InChI is InChI=1S/C20H20O3/c1-14(2)16-5-7-17(8-6-16)18(21)9-3-15-4-10-19-20(13-15)23-12-11-22-19/h3-10,13-14H,11-12H2,1-2H3/b9-3+. The SMILES string of the molecule is CC(C)c1ccc(C(=O)/C=C/c2ccc3c(c2)OCCO3)cc1. The fourth-order valence-corrected chi connectivity index (χ4v) is 2.46. The van der Waals surface area contributed by atoms with Crippen molar-refractivity contribution in [3.8, 4) is 11.5 Å². The van der Waals surface area contributed by atoms with Crippen molar-refractivity contribution in [3.63, 3.8) is 0 Å². The monoisotopic (exact) mass is 308 g/mol. The van der Waals surface area contributed by atoms with Crippen LogP contribution in [-0.2, 0) is 0 Å². The Labute approximate surface area is 136 Å². The molecule has 3 rings (SSSR count). The second-order valence-electron chi connectivity index (χ2n) is 5.88. The number of ketones is 1. The highest BCUT2D eigenvalue weighted by atomic mass is 16.6. The van der Waals surface area contributed by atoms with E-state index in [4.69, 9.17) is 9.47 Å². The van der Waals surface area contributed by atoms with E-state index >= 15 is 0 Å². The lowest BCUT2D eigenvalue weighted by molar-refractivity contribution is 0.104. The highest BCUT2D eigenvalue weighted by Gasteiger charge is 2.11. The van der Waals surface area contributed by atoms with E-state index in [0.717, 1.165) is 17.1 Å². The van der Waals surface area contributed by atoms with Crippen molar-refractivity contribution in [1.82, 2.24) is 0 Å². The summed E-state index contributed by atoms with van der Waals surface area (Å²) in [5.74, 6) is 1.94. The molecule has 0 bridgehead atoms. The Kier molecular flexibility index (Phi) is 4.47. The first-order valence-corrected chi connectivity index (χ1v) is 7.85. The van der Waals surface area contributed by atoms with Crippen molar-refractivity contribution in [2.24, 2.45) is 0 Å². The summed E-state index contributed by atoms with van der Waals surface area (Å²) in [5, 5.41) is 0. The van der Waals surface area contributed by atoms with E-state index in [2.05, 4.69) is 13.8 Å². The Morgan fingerprint density at radius 3 is 2.39 bits per heavy atom. The summed E-state index contributed by atoms with van der Waals surface area (Å²) in [6, 6.07) is 13.5. The molecule has 23 heavy (non-hydrogen) atoms. The Morgan fingerprint density at radius 2 is 1.70 bits per heavy atom. The third-order valence-electron chi connectivity index (χ3n) is 3.86. The van der Waals surface area contributed by atoms with Crippen molar-refractivity contribution in [2.75, 3.05) is 13.2 Å². The molecule has 0 atom stereocenters. The molecule has 2 aromatic carbocycles. The Balaban J connectivity index is 1.73. The van der Waals surface area contributed by atoms with Crippen molar-refractivity contribution < 1.29 is 14.3 Å². The van der Waals surface area contributed by atoms with Crippen LogP contribution in [0.25, 0.3) is 6.08 Å². The van der Waals surface area contributed by atoms with Gasteiger partial charge in [-0.25, -0.2) is 0 Å². The molecule has 0 aromatic heterocycles. The first kappa shape index (κ1) is 15.3. The van der Waals surface area contributed by atoms with Crippen LogP contribution in [0.2, 0.25) is 0 Å². The summed E-state index contributed by atoms with van der Waals surface area (Å²) in [5.41, 5.74) is 2.85. The zero-order valence-electron chi connectivity index (χ0n) is 13.4. The summed E-state index contributed by atoms with van der Waals surface area (Å²) in [6.45, 7) is 5.41. The van der Waals surface area contributed by atoms with Gasteiger partial charge in [-0.15, -0.1) is 0 Å². The molecule has 0 fully saturated rings. The number of hydrogen-bond donors (Lipinski definition) is 0. The van der Waals surface area contributed by atoms with Crippen LogP contribution >= 0.6 is 0 Å². The van der Waals surface area contributed by atoms with E-state index in [-0.39, 0.29) is 5.78 Å². The predicted octanol–water partition coefficient (Wildman–Crippen LogP) is 4.48. The van der Waals surface area contributed by atoms with E-state index in [1.807, 2.05) is 42.5 Å². The molecule has 118 valence electrons. The molecule has 0 aliphatic carbocycles. The van der Waals surface area contributed by atoms with Gasteiger partial charge in [0.15, 0.2) is 17.3 Å². The smallest absolute Gasteiger partial charge is 0.185 e. The molecule has 0 spiro atoms. The Hall–Kier alpha value is -2.55. The van der Waals surface area contributed by atoms with Crippen LogP contribution in [0, 0.1) is 0 Å². The number of carbonyl (C=O) groups is 1. The molecule has 2 aromatic rings. The van der Waals surface area contributed by atoms with E-state index in [1.165, 1.54) is 5.56 Å². The second kappa shape index (κ2) is 6.69. The maximum Gasteiger partial charge on any atom is 0.185 e. The van der Waals surface area contributed by atoms with Gasteiger partial charge in [0.1, 0.15) is 13.2 Å². The van der Waals surface area contributed by atoms with Crippen LogP contribution in [0.15, 0.2) is 48.5 Å². The van der Waals surface area contributed by atoms with E-state index in [0.29, 0.717) is 24.7 Å². The van der Waals surface area contributed by atoms with Crippen LogP contribution in [-0.4, -0.2) is 19.0 Å². The number of hydrogen-bond acceptors (Lipinski definition) is 3. The molecular weight excluding hydrogens is 288 g/mol. The lowest BCUT2D eigenvalue weighted by atomic mass is 10.0. The summed E-state index contributed by atoms with van der Waals surface area (Å²) in [7, 11) is 0. The number of ether oxygens (including phenoxy) is 2. The molecule has 0 unspecified atom stereocenters. The van der Waals surface area contributed by atoms with Crippen molar-refractivity contribution in [2.45, 2.75) is 19.8 Å². The second-order valence-corrected chi connectivity index (χ2v) is 5.88. The van der Waals surface area contributed by atoms with Crippen molar-refractivity contribution in [1.29, 1.82) is 0 Å².